The van der Waals surface area contributed by atoms with Crippen LogP contribution in [0.2, 0.25) is 5.02 Å². The van der Waals surface area contributed by atoms with Crippen molar-refractivity contribution in [1.82, 2.24) is 21.0 Å². The van der Waals surface area contributed by atoms with Gasteiger partial charge in [-0.15, -0.1) is 0 Å². The van der Waals surface area contributed by atoms with E-state index in [2.05, 4.69) is 21.0 Å². The summed E-state index contributed by atoms with van der Waals surface area (Å²) in [5, 5.41) is 4.21. The van der Waals surface area contributed by atoms with Gasteiger partial charge in [0, 0.05) is 29.0 Å². The molecular weight excluding hydrogens is 375 g/mol. The molecule has 2 N–H and O–H groups in total. The largest absolute Gasteiger partial charge is 0.339 e. The molecule has 2 aromatic carbocycles. The van der Waals surface area contributed by atoms with Crippen molar-refractivity contribution in [2.75, 3.05) is 0 Å². The van der Waals surface area contributed by atoms with E-state index in [9.17, 15) is 14.0 Å². The van der Waals surface area contributed by atoms with Crippen LogP contribution in [0.1, 0.15) is 22.7 Å². The molecule has 0 aliphatic rings. The molecule has 0 saturated carbocycles. The van der Waals surface area contributed by atoms with Gasteiger partial charge in [-0.2, -0.15) is 4.98 Å². The zero-order chi connectivity index (χ0) is 19.2. The van der Waals surface area contributed by atoms with Gasteiger partial charge in [0.25, 0.3) is 5.91 Å². The molecule has 0 atom stereocenters. The first-order chi connectivity index (χ1) is 13.0. The number of amides is 2. The maximum absolute atomic E-state index is 12.9. The van der Waals surface area contributed by atoms with Crippen molar-refractivity contribution in [2.24, 2.45) is 0 Å². The van der Waals surface area contributed by atoms with E-state index in [-0.39, 0.29) is 24.5 Å². The van der Waals surface area contributed by atoms with Crippen LogP contribution in [0, 0.1) is 5.82 Å². The molecule has 3 rings (SSSR count). The van der Waals surface area contributed by atoms with Crippen LogP contribution < -0.4 is 10.9 Å². The second-order valence-corrected chi connectivity index (χ2v) is 5.97. The van der Waals surface area contributed by atoms with E-state index in [1.54, 1.807) is 18.2 Å². The van der Waals surface area contributed by atoms with Crippen LogP contribution in [0.4, 0.5) is 4.39 Å². The molecule has 0 aliphatic heterocycles. The highest BCUT2D eigenvalue weighted by atomic mass is 35.5. The number of aromatic nitrogens is 2. The van der Waals surface area contributed by atoms with Crippen LogP contribution in [-0.4, -0.2) is 22.0 Å². The Morgan fingerprint density at radius 3 is 2.63 bits per heavy atom. The molecule has 1 aromatic heterocycles. The van der Waals surface area contributed by atoms with E-state index in [1.165, 1.54) is 30.3 Å². The molecule has 7 nitrogen and oxygen atoms in total. The summed E-state index contributed by atoms with van der Waals surface area (Å²) < 4.78 is 18.0. The Balaban J connectivity index is 1.48. The van der Waals surface area contributed by atoms with Gasteiger partial charge in [0.15, 0.2) is 0 Å². The highest BCUT2D eigenvalue weighted by Gasteiger charge is 2.12. The predicted molar refractivity (Wildman–Crippen MR) is 95.1 cm³/mol. The summed E-state index contributed by atoms with van der Waals surface area (Å²) in [6.07, 6.45) is 0.216. The number of rotatable bonds is 5. The molecule has 0 fully saturated rings. The Bertz CT molecular complexity index is 959. The van der Waals surface area contributed by atoms with Gasteiger partial charge in [0.2, 0.25) is 17.6 Å². The van der Waals surface area contributed by atoms with E-state index >= 15 is 0 Å². The number of hydrogen-bond donors (Lipinski definition) is 2. The Hall–Kier alpha value is -3.26. The molecule has 2 amide bonds. The van der Waals surface area contributed by atoms with Gasteiger partial charge in [0.1, 0.15) is 5.82 Å². The lowest BCUT2D eigenvalue weighted by atomic mass is 10.2. The number of benzene rings is 2. The van der Waals surface area contributed by atoms with Gasteiger partial charge in [0.05, 0.1) is 0 Å². The fraction of sp³-hybridized carbons (Fsp3) is 0.111. The molecular formula is C18H14ClFN4O3. The number of nitrogens with one attached hydrogen (secondary N) is 2. The lowest BCUT2D eigenvalue weighted by Gasteiger charge is -2.06. The highest BCUT2D eigenvalue weighted by Crippen LogP contribution is 2.16. The van der Waals surface area contributed by atoms with Crippen molar-refractivity contribution in [3.63, 3.8) is 0 Å². The van der Waals surface area contributed by atoms with E-state index in [4.69, 9.17) is 16.1 Å². The molecule has 0 unspecified atom stereocenters. The third-order valence-electron chi connectivity index (χ3n) is 3.54. The summed E-state index contributed by atoms with van der Waals surface area (Å²) in [4.78, 5) is 27.9. The minimum Gasteiger partial charge on any atom is -0.339 e. The van der Waals surface area contributed by atoms with Gasteiger partial charge < -0.3 is 4.52 Å². The normalized spacial score (nSPS) is 10.4. The molecule has 0 spiro atoms. The molecule has 0 radical (unpaired) electrons. The standard InChI is InChI=1S/C18H14ClFN4O3/c19-13-3-1-2-12(10-13)18(26)23-22-15(25)8-9-16-21-17(24-27-16)11-4-6-14(20)7-5-11/h1-7,10H,8-9H2,(H,22,25)(H,23,26). The fourth-order valence-electron chi connectivity index (χ4n) is 2.18. The Labute approximate surface area is 158 Å². The van der Waals surface area contributed by atoms with Crippen LogP contribution in [0.15, 0.2) is 53.1 Å². The number of hydrazine groups is 1. The smallest absolute Gasteiger partial charge is 0.269 e. The van der Waals surface area contributed by atoms with Crippen molar-refractivity contribution in [1.29, 1.82) is 0 Å². The van der Waals surface area contributed by atoms with Gasteiger partial charge in [-0.25, -0.2) is 4.39 Å². The minimum absolute atomic E-state index is 0.0286. The summed E-state index contributed by atoms with van der Waals surface area (Å²) >= 11 is 5.81. The number of hydrogen-bond acceptors (Lipinski definition) is 5. The molecule has 1 heterocycles. The van der Waals surface area contributed by atoms with Crippen molar-refractivity contribution in [3.8, 4) is 11.4 Å². The molecule has 9 heteroatoms. The van der Waals surface area contributed by atoms with Crippen molar-refractivity contribution in [3.05, 3.63) is 70.8 Å². The van der Waals surface area contributed by atoms with E-state index in [1.807, 2.05) is 0 Å². The second kappa shape index (κ2) is 8.41. The first kappa shape index (κ1) is 18.5. The van der Waals surface area contributed by atoms with Crippen molar-refractivity contribution >= 4 is 23.4 Å². The second-order valence-electron chi connectivity index (χ2n) is 5.53. The lowest BCUT2D eigenvalue weighted by Crippen LogP contribution is -2.41. The van der Waals surface area contributed by atoms with Crippen LogP contribution in [0.5, 0.6) is 0 Å². The predicted octanol–water partition coefficient (Wildman–Crippen LogP) is 2.92. The third-order valence-corrected chi connectivity index (χ3v) is 3.77. The number of carbonyl (C=O) groups excluding carboxylic acids is 2. The Morgan fingerprint density at radius 1 is 1.11 bits per heavy atom. The summed E-state index contributed by atoms with van der Waals surface area (Å²) in [7, 11) is 0. The third kappa shape index (κ3) is 5.11. The Kier molecular flexibility index (Phi) is 5.77. The number of carbonyl (C=O) groups is 2. The quantitative estimate of drug-likeness (QED) is 0.655. The first-order valence-corrected chi connectivity index (χ1v) is 8.32. The van der Waals surface area contributed by atoms with Crippen molar-refractivity contribution < 1.29 is 18.5 Å². The van der Waals surface area contributed by atoms with E-state index < -0.39 is 11.8 Å². The maximum atomic E-state index is 12.9. The first-order valence-electron chi connectivity index (χ1n) is 7.94. The molecule has 27 heavy (non-hydrogen) atoms. The summed E-state index contributed by atoms with van der Waals surface area (Å²) in [5.74, 6) is -0.710. The molecule has 0 aliphatic carbocycles. The average molecular weight is 389 g/mol. The molecule has 0 bridgehead atoms. The number of halogens is 2. The average Bonchev–Trinajstić information content (AvgIpc) is 3.14. The van der Waals surface area contributed by atoms with Crippen LogP contribution in [-0.2, 0) is 11.2 Å². The number of nitrogens with zero attached hydrogens (tertiary/aromatic N) is 2. The van der Waals surface area contributed by atoms with E-state index in [0.717, 1.165) is 0 Å². The summed E-state index contributed by atoms with van der Waals surface area (Å²) in [5.41, 5.74) is 5.53. The minimum atomic E-state index is -0.484. The van der Waals surface area contributed by atoms with Crippen LogP contribution in [0.3, 0.4) is 0 Å². The zero-order valence-corrected chi connectivity index (χ0v) is 14.7. The molecule has 0 saturated heterocycles. The molecule has 3 aromatic rings. The highest BCUT2D eigenvalue weighted by molar-refractivity contribution is 6.30. The van der Waals surface area contributed by atoms with Gasteiger partial charge >= 0.3 is 0 Å². The SMILES string of the molecule is O=C(CCc1nc(-c2ccc(F)cc2)no1)NNC(=O)c1cccc(Cl)c1. The maximum Gasteiger partial charge on any atom is 0.269 e. The van der Waals surface area contributed by atoms with Crippen LogP contribution >= 0.6 is 11.6 Å². The zero-order valence-electron chi connectivity index (χ0n) is 13.9. The molecule has 138 valence electrons. The van der Waals surface area contributed by atoms with E-state index in [0.29, 0.717) is 22.0 Å². The monoisotopic (exact) mass is 388 g/mol. The fourth-order valence-corrected chi connectivity index (χ4v) is 2.37. The van der Waals surface area contributed by atoms with Gasteiger partial charge in [-0.1, -0.05) is 22.8 Å². The Morgan fingerprint density at radius 2 is 1.89 bits per heavy atom. The topological polar surface area (TPSA) is 97.1 Å². The van der Waals surface area contributed by atoms with Gasteiger partial charge in [-0.05, 0) is 42.5 Å². The van der Waals surface area contributed by atoms with Gasteiger partial charge in [-0.3, -0.25) is 20.4 Å². The summed E-state index contributed by atoms with van der Waals surface area (Å²) in [6, 6.07) is 12.0. The van der Waals surface area contributed by atoms with Crippen LogP contribution in [0.25, 0.3) is 11.4 Å². The number of aryl methyl sites for hydroxylation is 1. The lowest BCUT2D eigenvalue weighted by molar-refractivity contribution is -0.121. The summed E-state index contributed by atoms with van der Waals surface area (Å²) in [6.45, 7) is 0. The van der Waals surface area contributed by atoms with Crippen molar-refractivity contribution in [2.45, 2.75) is 12.8 Å².